The van der Waals surface area contributed by atoms with E-state index in [1.165, 1.54) is 9.75 Å². The molecule has 0 aliphatic rings. The van der Waals surface area contributed by atoms with E-state index >= 15 is 0 Å². The Hall–Kier alpha value is -0.940. The summed E-state index contributed by atoms with van der Waals surface area (Å²) in [5, 5.41) is 7.06. The van der Waals surface area contributed by atoms with Crippen molar-refractivity contribution >= 4 is 23.6 Å². The van der Waals surface area contributed by atoms with Gasteiger partial charge in [0.25, 0.3) is 0 Å². The minimum atomic E-state index is 0.711. The third kappa shape index (κ3) is 2.25. The van der Waals surface area contributed by atoms with Gasteiger partial charge in [-0.05, 0) is 30.8 Å². The molecule has 86 valence electrons. The van der Waals surface area contributed by atoms with Gasteiger partial charge in [-0.3, -0.25) is 9.67 Å². The predicted molar refractivity (Wildman–Crippen MR) is 69.6 cm³/mol. The Labute approximate surface area is 104 Å². The van der Waals surface area contributed by atoms with Gasteiger partial charge in [-0.15, -0.1) is 11.3 Å². The summed E-state index contributed by atoms with van der Waals surface area (Å²) in [5.41, 5.74) is 0. The van der Waals surface area contributed by atoms with Crippen LogP contribution in [0.3, 0.4) is 0 Å². The van der Waals surface area contributed by atoms with Gasteiger partial charge in [-0.25, -0.2) is 0 Å². The molecule has 0 spiro atoms. The zero-order valence-corrected chi connectivity index (χ0v) is 11.1. The van der Waals surface area contributed by atoms with Gasteiger partial charge in [0.1, 0.15) is 5.82 Å². The van der Waals surface area contributed by atoms with Gasteiger partial charge in [0, 0.05) is 16.2 Å². The van der Waals surface area contributed by atoms with Gasteiger partial charge >= 0.3 is 0 Å². The standard InChI is InChI=1S/C11H15N3S2/c1-3-8-5-6-9(16-8)7-14-10(4-2)12-13-11(14)15/h5-6H,3-4,7H2,1-2H3,(H,13,15). The molecular weight excluding hydrogens is 238 g/mol. The molecule has 0 unspecified atom stereocenters. The summed E-state index contributed by atoms with van der Waals surface area (Å²) in [7, 11) is 0. The van der Waals surface area contributed by atoms with Crippen LogP contribution in [0.1, 0.15) is 29.4 Å². The van der Waals surface area contributed by atoms with E-state index in [4.69, 9.17) is 12.2 Å². The molecule has 1 N–H and O–H groups in total. The van der Waals surface area contributed by atoms with Crippen LogP contribution in [0, 0.1) is 4.77 Å². The van der Waals surface area contributed by atoms with Crippen molar-refractivity contribution in [1.82, 2.24) is 14.8 Å². The summed E-state index contributed by atoms with van der Waals surface area (Å²) < 4.78 is 2.78. The Kier molecular flexibility index (Phi) is 3.56. The van der Waals surface area contributed by atoms with Crippen molar-refractivity contribution in [2.75, 3.05) is 0 Å². The van der Waals surface area contributed by atoms with E-state index in [9.17, 15) is 0 Å². The molecule has 0 aliphatic carbocycles. The molecule has 16 heavy (non-hydrogen) atoms. The molecule has 3 nitrogen and oxygen atoms in total. The molecule has 2 heterocycles. The van der Waals surface area contributed by atoms with Crippen LogP contribution >= 0.6 is 23.6 Å². The summed E-state index contributed by atoms with van der Waals surface area (Å²) in [6, 6.07) is 4.37. The smallest absolute Gasteiger partial charge is 0.195 e. The second kappa shape index (κ2) is 4.93. The zero-order valence-electron chi connectivity index (χ0n) is 9.49. The van der Waals surface area contributed by atoms with Gasteiger partial charge in [0.2, 0.25) is 0 Å². The van der Waals surface area contributed by atoms with E-state index in [1.54, 1.807) is 0 Å². The number of aromatic nitrogens is 3. The topological polar surface area (TPSA) is 33.6 Å². The molecule has 2 rings (SSSR count). The number of H-pyrrole nitrogens is 1. The summed E-state index contributed by atoms with van der Waals surface area (Å²) in [5.74, 6) is 1.02. The highest BCUT2D eigenvalue weighted by Crippen LogP contribution is 2.18. The van der Waals surface area contributed by atoms with Crippen molar-refractivity contribution in [3.05, 3.63) is 32.5 Å². The van der Waals surface area contributed by atoms with E-state index in [2.05, 4.69) is 40.7 Å². The average molecular weight is 253 g/mol. The number of nitrogens with zero attached hydrogens (tertiary/aromatic N) is 2. The number of hydrogen-bond donors (Lipinski definition) is 1. The lowest BCUT2D eigenvalue weighted by Gasteiger charge is -2.02. The quantitative estimate of drug-likeness (QED) is 0.849. The fourth-order valence-corrected chi connectivity index (χ4v) is 2.80. The predicted octanol–water partition coefficient (Wildman–Crippen LogP) is 3.18. The van der Waals surface area contributed by atoms with Crippen LogP contribution in [0.25, 0.3) is 0 Å². The molecule has 0 radical (unpaired) electrons. The van der Waals surface area contributed by atoms with Crippen LogP contribution in [-0.2, 0) is 19.4 Å². The molecule has 0 atom stereocenters. The number of hydrogen-bond acceptors (Lipinski definition) is 3. The second-order valence-corrected chi connectivity index (χ2v) is 5.25. The van der Waals surface area contributed by atoms with Crippen LogP contribution in [0.5, 0.6) is 0 Å². The molecule has 0 saturated carbocycles. The Morgan fingerprint density at radius 2 is 2.06 bits per heavy atom. The number of thiophene rings is 1. The molecule has 0 saturated heterocycles. The van der Waals surface area contributed by atoms with Crippen LogP contribution in [0.15, 0.2) is 12.1 Å². The highest BCUT2D eigenvalue weighted by molar-refractivity contribution is 7.71. The first kappa shape index (κ1) is 11.5. The largest absolute Gasteiger partial charge is 0.299 e. The first-order valence-electron chi connectivity index (χ1n) is 5.46. The number of aryl methyl sites for hydroxylation is 2. The molecule has 0 bridgehead atoms. The minimum Gasteiger partial charge on any atom is -0.299 e. The van der Waals surface area contributed by atoms with Gasteiger partial charge in [-0.2, -0.15) is 5.10 Å². The van der Waals surface area contributed by atoms with Crippen LogP contribution in [0.4, 0.5) is 0 Å². The zero-order chi connectivity index (χ0) is 11.5. The summed E-state index contributed by atoms with van der Waals surface area (Å²) >= 11 is 7.07. The van der Waals surface area contributed by atoms with Crippen molar-refractivity contribution in [3.63, 3.8) is 0 Å². The molecule has 5 heteroatoms. The van der Waals surface area contributed by atoms with E-state index < -0.39 is 0 Å². The monoisotopic (exact) mass is 253 g/mol. The van der Waals surface area contributed by atoms with Gasteiger partial charge < -0.3 is 0 Å². The molecule has 2 aromatic heterocycles. The molecule has 2 aromatic rings. The van der Waals surface area contributed by atoms with Crippen molar-refractivity contribution in [2.24, 2.45) is 0 Å². The maximum absolute atomic E-state index is 5.22. The molecule has 0 aromatic carbocycles. The normalized spacial score (nSPS) is 10.9. The average Bonchev–Trinajstić information content (AvgIpc) is 2.88. The first-order chi connectivity index (χ1) is 7.74. The lowest BCUT2D eigenvalue weighted by atomic mass is 10.3. The fraction of sp³-hybridized carbons (Fsp3) is 0.455. The highest BCUT2D eigenvalue weighted by atomic mass is 32.1. The van der Waals surface area contributed by atoms with E-state index in [1.807, 2.05) is 11.3 Å². The van der Waals surface area contributed by atoms with Crippen molar-refractivity contribution in [1.29, 1.82) is 0 Å². The number of nitrogens with one attached hydrogen (secondary N) is 1. The lowest BCUT2D eigenvalue weighted by molar-refractivity contribution is 0.732. The number of rotatable bonds is 4. The van der Waals surface area contributed by atoms with Crippen molar-refractivity contribution in [2.45, 2.75) is 33.2 Å². The van der Waals surface area contributed by atoms with Crippen molar-refractivity contribution in [3.8, 4) is 0 Å². The Bertz CT molecular complexity index is 521. The molecule has 0 fully saturated rings. The maximum Gasteiger partial charge on any atom is 0.195 e. The maximum atomic E-state index is 5.22. The molecular formula is C11H15N3S2. The SMILES string of the molecule is CCc1ccc(Cn2c(CC)n[nH]c2=S)s1. The summed E-state index contributed by atoms with van der Waals surface area (Å²) in [6.45, 7) is 5.10. The highest BCUT2D eigenvalue weighted by Gasteiger charge is 2.06. The van der Waals surface area contributed by atoms with Gasteiger partial charge in [0.15, 0.2) is 4.77 Å². The van der Waals surface area contributed by atoms with Gasteiger partial charge in [0.05, 0.1) is 6.54 Å². The molecule has 0 amide bonds. The first-order valence-corrected chi connectivity index (χ1v) is 6.68. The third-order valence-electron chi connectivity index (χ3n) is 2.53. The third-order valence-corrected chi connectivity index (χ3v) is 4.06. The Morgan fingerprint density at radius 1 is 1.31 bits per heavy atom. The Morgan fingerprint density at radius 3 is 2.69 bits per heavy atom. The van der Waals surface area contributed by atoms with Crippen LogP contribution in [0.2, 0.25) is 0 Å². The fourth-order valence-electron chi connectivity index (χ4n) is 1.64. The van der Waals surface area contributed by atoms with Gasteiger partial charge in [-0.1, -0.05) is 13.8 Å². The second-order valence-electron chi connectivity index (χ2n) is 3.61. The number of aromatic amines is 1. The summed E-state index contributed by atoms with van der Waals surface area (Å²) in [6.07, 6.45) is 2.00. The van der Waals surface area contributed by atoms with E-state index in [0.29, 0.717) is 4.77 Å². The van der Waals surface area contributed by atoms with Crippen molar-refractivity contribution < 1.29 is 0 Å². The van der Waals surface area contributed by atoms with E-state index in [0.717, 1.165) is 25.2 Å². The molecule has 0 aliphatic heterocycles. The van der Waals surface area contributed by atoms with E-state index in [-0.39, 0.29) is 0 Å². The lowest BCUT2D eigenvalue weighted by Crippen LogP contribution is -2.03. The minimum absolute atomic E-state index is 0.711. The van der Waals surface area contributed by atoms with Crippen LogP contribution < -0.4 is 0 Å². The summed E-state index contributed by atoms with van der Waals surface area (Å²) in [4.78, 5) is 2.76. The van der Waals surface area contributed by atoms with Crippen LogP contribution in [-0.4, -0.2) is 14.8 Å². The Balaban J connectivity index is 2.26.